The number of benzene rings is 4. The summed E-state index contributed by atoms with van der Waals surface area (Å²) >= 11 is 0. The first kappa shape index (κ1) is 24.7. The van der Waals surface area contributed by atoms with Crippen molar-refractivity contribution in [1.29, 1.82) is 0 Å². The maximum absolute atomic E-state index is 12.1. The molecule has 1 N–H and O–H groups in total. The van der Waals surface area contributed by atoms with E-state index in [0.29, 0.717) is 12.6 Å². The molecule has 0 saturated heterocycles. The van der Waals surface area contributed by atoms with Crippen molar-refractivity contribution in [3.05, 3.63) is 121 Å². The topological polar surface area (TPSA) is 57.6 Å². The third kappa shape index (κ3) is 7.06. The maximum atomic E-state index is 12.1. The van der Waals surface area contributed by atoms with E-state index in [0.717, 1.165) is 0 Å². The minimum atomic E-state index is -4.20. The van der Waals surface area contributed by atoms with Crippen LogP contribution in [0.3, 0.4) is 0 Å². The SMILES string of the molecule is O=S(=O)(O)CN(CP(c1ccccc1)c1ccccc1)CP(c1ccccc1)c1ccccc1. The van der Waals surface area contributed by atoms with Crippen LogP contribution in [0.5, 0.6) is 0 Å². The normalized spacial score (nSPS) is 11.9. The first-order valence-electron chi connectivity index (χ1n) is 10.9. The van der Waals surface area contributed by atoms with Gasteiger partial charge in [0.2, 0.25) is 0 Å². The van der Waals surface area contributed by atoms with Gasteiger partial charge >= 0.3 is 0 Å². The molecule has 4 rings (SSSR count). The quantitative estimate of drug-likeness (QED) is 0.257. The Bertz CT molecular complexity index is 1090. The van der Waals surface area contributed by atoms with Gasteiger partial charge in [0.25, 0.3) is 10.1 Å². The highest BCUT2D eigenvalue weighted by Crippen LogP contribution is 2.39. The van der Waals surface area contributed by atoms with E-state index in [9.17, 15) is 13.0 Å². The Kier molecular flexibility index (Phi) is 8.61. The summed E-state index contributed by atoms with van der Waals surface area (Å²) in [5, 5.41) is 4.70. The van der Waals surface area contributed by atoms with Crippen molar-refractivity contribution in [2.45, 2.75) is 0 Å². The van der Waals surface area contributed by atoms with Gasteiger partial charge in [-0.1, -0.05) is 121 Å². The van der Waals surface area contributed by atoms with Gasteiger partial charge in [-0.05, 0) is 37.1 Å². The molecule has 4 aromatic carbocycles. The Morgan fingerprint density at radius 3 is 1.03 bits per heavy atom. The predicted molar refractivity (Wildman–Crippen MR) is 146 cm³/mol. The van der Waals surface area contributed by atoms with E-state index in [2.05, 4.69) is 48.5 Å². The van der Waals surface area contributed by atoms with Gasteiger partial charge in [0.15, 0.2) is 0 Å². The Balaban J connectivity index is 1.71. The molecule has 0 aliphatic rings. The molecule has 0 amide bonds. The van der Waals surface area contributed by atoms with Crippen LogP contribution < -0.4 is 21.2 Å². The van der Waals surface area contributed by atoms with Crippen molar-refractivity contribution < 1.29 is 13.0 Å². The zero-order valence-corrected chi connectivity index (χ0v) is 21.3. The summed E-state index contributed by atoms with van der Waals surface area (Å²) in [5.41, 5.74) is 0. The average Bonchev–Trinajstić information content (AvgIpc) is 2.87. The standard InChI is InChI=1S/C27H27NO3P2S/c29-34(30,31)23-28(21-32(24-13-5-1-6-14-24)25-15-7-2-8-16-25)22-33(26-17-9-3-10-18-26)27-19-11-4-12-20-27/h1-20H,21-23H2,(H,29,30,31). The maximum Gasteiger partial charge on any atom is 0.278 e. The van der Waals surface area contributed by atoms with E-state index in [1.807, 2.05) is 77.7 Å². The van der Waals surface area contributed by atoms with E-state index < -0.39 is 31.8 Å². The zero-order chi connectivity index (χ0) is 23.8. The summed E-state index contributed by atoms with van der Waals surface area (Å²) in [4.78, 5) is 1.91. The van der Waals surface area contributed by atoms with Gasteiger partial charge in [0, 0.05) is 12.6 Å². The van der Waals surface area contributed by atoms with Gasteiger partial charge < -0.3 is 0 Å². The molecule has 0 spiro atoms. The lowest BCUT2D eigenvalue weighted by atomic mass is 10.4. The number of hydrogen-bond acceptors (Lipinski definition) is 3. The van der Waals surface area contributed by atoms with E-state index in [4.69, 9.17) is 0 Å². The van der Waals surface area contributed by atoms with E-state index in [-0.39, 0.29) is 0 Å². The lowest BCUT2D eigenvalue weighted by Crippen LogP contribution is -2.35. The van der Waals surface area contributed by atoms with Gasteiger partial charge in [-0.25, -0.2) is 0 Å². The fourth-order valence-electron chi connectivity index (χ4n) is 3.81. The molecule has 0 aromatic heterocycles. The number of nitrogens with zero attached hydrogens (tertiary/aromatic N) is 1. The molecule has 0 atom stereocenters. The van der Waals surface area contributed by atoms with Crippen LogP contribution in [0.15, 0.2) is 121 Å². The van der Waals surface area contributed by atoms with Crippen LogP contribution in [0, 0.1) is 0 Å². The van der Waals surface area contributed by atoms with Crippen LogP contribution >= 0.6 is 15.8 Å². The third-order valence-electron chi connectivity index (χ3n) is 5.30. The highest BCUT2D eigenvalue weighted by atomic mass is 32.2. The van der Waals surface area contributed by atoms with Crippen LogP contribution in [-0.4, -0.2) is 36.3 Å². The van der Waals surface area contributed by atoms with Crippen LogP contribution in [-0.2, 0) is 10.1 Å². The summed E-state index contributed by atoms with van der Waals surface area (Å²) in [5.74, 6) is -0.399. The molecule has 0 unspecified atom stereocenters. The van der Waals surface area contributed by atoms with Crippen molar-refractivity contribution >= 4 is 47.2 Å². The lowest BCUT2D eigenvalue weighted by Gasteiger charge is -2.31. The first-order valence-corrected chi connectivity index (χ1v) is 15.6. The Labute approximate surface area is 204 Å². The second-order valence-electron chi connectivity index (χ2n) is 7.86. The van der Waals surface area contributed by atoms with Gasteiger partial charge in [0.05, 0.1) is 0 Å². The summed E-state index contributed by atoms with van der Waals surface area (Å²) in [6.07, 6.45) is 1.06. The van der Waals surface area contributed by atoms with E-state index in [1.165, 1.54) is 21.2 Å². The highest BCUT2D eigenvalue weighted by Gasteiger charge is 2.25. The van der Waals surface area contributed by atoms with Crippen molar-refractivity contribution in [1.82, 2.24) is 4.90 Å². The van der Waals surface area contributed by atoms with Gasteiger partial charge in [0.1, 0.15) is 5.88 Å². The molecule has 0 aliphatic carbocycles. The largest absolute Gasteiger partial charge is 0.285 e. The Morgan fingerprint density at radius 1 is 0.529 bits per heavy atom. The number of rotatable bonds is 10. The second-order valence-corrected chi connectivity index (χ2v) is 13.6. The van der Waals surface area contributed by atoms with Crippen molar-refractivity contribution in [2.24, 2.45) is 0 Å². The number of hydrogen-bond donors (Lipinski definition) is 1. The van der Waals surface area contributed by atoms with Crippen molar-refractivity contribution in [2.75, 3.05) is 18.4 Å². The van der Waals surface area contributed by atoms with Crippen molar-refractivity contribution in [3.63, 3.8) is 0 Å². The molecule has 0 saturated carbocycles. The highest BCUT2D eigenvalue weighted by molar-refractivity contribution is 7.85. The minimum absolute atomic E-state index is 0.399. The van der Waals surface area contributed by atoms with Gasteiger partial charge in [-0.15, -0.1) is 0 Å². The lowest BCUT2D eigenvalue weighted by molar-refractivity contribution is 0.394. The molecular formula is C27H27NO3P2S. The summed E-state index contributed by atoms with van der Waals surface area (Å²) in [6.45, 7) is 0. The van der Waals surface area contributed by atoms with E-state index >= 15 is 0 Å². The summed E-state index contributed by atoms with van der Waals surface area (Å²) in [7, 11) is -5.90. The molecule has 4 nitrogen and oxygen atoms in total. The molecule has 174 valence electrons. The summed E-state index contributed by atoms with van der Waals surface area (Å²) < 4.78 is 34.0. The van der Waals surface area contributed by atoms with Gasteiger partial charge in [-0.2, -0.15) is 8.42 Å². The van der Waals surface area contributed by atoms with Crippen LogP contribution in [0.2, 0.25) is 0 Å². The molecule has 34 heavy (non-hydrogen) atoms. The smallest absolute Gasteiger partial charge is 0.278 e. The molecule has 0 bridgehead atoms. The Morgan fingerprint density at radius 2 is 0.794 bits per heavy atom. The monoisotopic (exact) mass is 507 g/mol. The molecule has 4 aromatic rings. The van der Waals surface area contributed by atoms with Crippen molar-refractivity contribution in [3.8, 4) is 0 Å². The molecule has 0 aliphatic heterocycles. The van der Waals surface area contributed by atoms with Gasteiger partial charge in [-0.3, -0.25) is 9.45 Å². The fourth-order valence-corrected chi connectivity index (χ4v) is 9.46. The van der Waals surface area contributed by atoms with Crippen LogP contribution in [0.25, 0.3) is 0 Å². The molecule has 0 radical (unpaired) electrons. The third-order valence-corrected chi connectivity index (χ3v) is 11.0. The Hall–Kier alpha value is -2.39. The minimum Gasteiger partial charge on any atom is -0.285 e. The predicted octanol–water partition coefficient (Wildman–Crippen LogP) is 4.31. The van der Waals surface area contributed by atoms with Crippen LogP contribution in [0.4, 0.5) is 0 Å². The second kappa shape index (κ2) is 11.8. The molecule has 7 heteroatoms. The summed E-state index contributed by atoms with van der Waals surface area (Å²) in [6, 6.07) is 40.9. The first-order chi connectivity index (χ1) is 16.5. The molecular weight excluding hydrogens is 480 g/mol. The van der Waals surface area contributed by atoms with E-state index in [1.54, 1.807) is 0 Å². The fraction of sp³-hybridized carbons (Fsp3) is 0.111. The zero-order valence-electron chi connectivity index (χ0n) is 18.7. The molecule has 0 fully saturated rings. The molecule has 0 heterocycles. The average molecular weight is 508 g/mol. The van der Waals surface area contributed by atoms with Crippen LogP contribution in [0.1, 0.15) is 0 Å².